The van der Waals surface area contributed by atoms with Crippen molar-refractivity contribution in [2.75, 3.05) is 13.1 Å². The fraction of sp³-hybridized carbons (Fsp3) is 0.562. The molecule has 1 N–H and O–H groups in total. The topological polar surface area (TPSA) is 32.3 Å². The molecule has 3 rings (SSSR count). The first-order chi connectivity index (χ1) is 10.1. The number of halogens is 2. The Hall–Kier alpha value is -1.49. The van der Waals surface area contributed by atoms with Crippen molar-refractivity contribution in [2.45, 2.75) is 38.3 Å². The van der Waals surface area contributed by atoms with Crippen molar-refractivity contribution in [3.8, 4) is 0 Å². The Morgan fingerprint density at radius 3 is 2.86 bits per heavy atom. The van der Waals surface area contributed by atoms with Crippen LogP contribution >= 0.6 is 0 Å². The van der Waals surface area contributed by atoms with Gasteiger partial charge in [-0.25, -0.2) is 8.78 Å². The van der Waals surface area contributed by atoms with Crippen LogP contribution in [0.5, 0.6) is 0 Å². The Balaban J connectivity index is 1.57. The number of hydrogen-bond donors (Lipinski definition) is 1. The Morgan fingerprint density at radius 2 is 2.10 bits per heavy atom. The van der Waals surface area contributed by atoms with Crippen LogP contribution in [0.4, 0.5) is 8.78 Å². The van der Waals surface area contributed by atoms with Crippen LogP contribution in [0.3, 0.4) is 0 Å². The summed E-state index contributed by atoms with van der Waals surface area (Å²) in [7, 11) is 0. The molecule has 2 fully saturated rings. The predicted molar refractivity (Wildman–Crippen MR) is 75.5 cm³/mol. The number of amides is 1. The van der Waals surface area contributed by atoms with E-state index in [-0.39, 0.29) is 23.7 Å². The van der Waals surface area contributed by atoms with Crippen molar-refractivity contribution in [1.82, 2.24) is 10.2 Å². The Bertz CT molecular complexity index is 531. The quantitative estimate of drug-likeness (QED) is 0.925. The number of carbonyl (C=O) groups excluding carboxylic acids is 1. The van der Waals surface area contributed by atoms with Gasteiger partial charge in [-0.1, -0.05) is 0 Å². The Morgan fingerprint density at radius 1 is 1.29 bits per heavy atom. The number of likely N-dealkylation sites (tertiary alicyclic amines) is 1. The van der Waals surface area contributed by atoms with E-state index in [2.05, 4.69) is 10.2 Å². The van der Waals surface area contributed by atoms with E-state index in [0.717, 1.165) is 38.3 Å². The van der Waals surface area contributed by atoms with Crippen molar-refractivity contribution in [1.29, 1.82) is 0 Å². The van der Waals surface area contributed by atoms with Gasteiger partial charge in [0.2, 0.25) is 5.91 Å². The molecule has 0 aromatic heterocycles. The highest BCUT2D eigenvalue weighted by Gasteiger charge is 2.32. The van der Waals surface area contributed by atoms with Gasteiger partial charge < -0.3 is 5.32 Å². The standard InChI is InChI=1S/C16H20F2N2O/c17-13-5-6-15(18)12(8-13)9-20-7-1-2-14(10-20)19-16(21)11-3-4-11/h5-6,8,11,14H,1-4,7,9-10H2,(H,19,21). The van der Waals surface area contributed by atoms with Crippen LogP contribution in [0.1, 0.15) is 31.2 Å². The first-order valence-corrected chi connectivity index (χ1v) is 7.58. The molecule has 1 aromatic rings. The van der Waals surface area contributed by atoms with Gasteiger partial charge in [0.15, 0.2) is 0 Å². The molecule has 2 aliphatic rings. The minimum Gasteiger partial charge on any atom is -0.352 e. The number of nitrogens with zero attached hydrogens (tertiary/aromatic N) is 1. The smallest absolute Gasteiger partial charge is 0.223 e. The maximum atomic E-state index is 13.7. The van der Waals surface area contributed by atoms with Crippen molar-refractivity contribution < 1.29 is 13.6 Å². The molecule has 1 heterocycles. The van der Waals surface area contributed by atoms with Gasteiger partial charge in [-0.05, 0) is 50.4 Å². The first-order valence-electron chi connectivity index (χ1n) is 7.58. The third kappa shape index (κ3) is 3.79. The van der Waals surface area contributed by atoms with Gasteiger partial charge in [0.05, 0.1) is 0 Å². The summed E-state index contributed by atoms with van der Waals surface area (Å²) in [5, 5.41) is 3.07. The molecule has 0 radical (unpaired) electrons. The van der Waals surface area contributed by atoms with Crippen LogP contribution in [0.25, 0.3) is 0 Å². The minimum atomic E-state index is -0.415. The lowest BCUT2D eigenvalue weighted by Crippen LogP contribution is -2.47. The highest BCUT2D eigenvalue weighted by molar-refractivity contribution is 5.81. The first kappa shape index (κ1) is 14.4. The van der Waals surface area contributed by atoms with Crippen LogP contribution in [0.2, 0.25) is 0 Å². The summed E-state index contributed by atoms with van der Waals surface area (Å²) in [4.78, 5) is 13.9. The molecular weight excluding hydrogens is 274 g/mol. The monoisotopic (exact) mass is 294 g/mol. The van der Waals surface area contributed by atoms with E-state index >= 15 is 0 Å². The van der Waals surface area contributed by atoms with Crippen LogP contribution in [0, 0.1) is 17.6 Å². The zero-order valence-electron chi connectivity index (χ0n) is 11.9. The molecule has 1 unspecified atom stereocenters. The minimum absolute atomic E-state index is 0.128. The average molecular weight is 294 g/mol. The molecule has 1 saturated heterocycles. The van der Waals surface area contributed by atoms with Crippen molar-refractivity contribution in [2.24, 2.45) is 5.92 Å². The van der Waals surface area contributed by atoms with Gasteiger partial charge >= 0.3 is 0 Å². The second-order valence-corrected chi connectivity index (χ2v) is 6.09. The largest absolute Gasteiger partial charge is 0.352 e. The SMILES string of the molecule is O=C(NC1CCCN(Cc2cc(F)ccc2F)C1)C1CC1. The maximum absolute atomic E-state index is 13.7. The molecule has 0 bridgehead atoms. The zero-order valence-corrected chi connectivity index (χ0v) is 11.9. The molecule has 1 aliphatic carbocycles. The van der Waals surface area contributed by atoms with Gasteiger partial charge in [0, 0.05) is 30.6 Å². The number of nitrogens with one attached hydrogen (secondary N) is 1. The van der Waals surface area contributed by atoms with Gasteiger partial charge in [0.25, 0.3) is 0 Å². The summed E-state index contributed by atoms with van der Waals surface area (Å²) in [5.41, 5.74) is 0.379. The lowest BCUT2D eigenvalue weighted by atomic mass is 10.0. The molecule has 5 heteroatoms. The lowest BCUT2D eigenvalue weighted by molar-refractivity contribution is -0.123. The third-order valence-corrected chi connectivity index (χ3v) is 4.20. The molecule has 114 valence electrons. The molecule has 1 aromatic carbocycles. The molecule has 1 amide bonds. The molecule has 1 aliphatic heterocycles. The second kappa shape index (κ2) is 6.10. The number of piperidine rings is 1. The van der Waals surface area contributed by atoms with Crippen LogP contribution in [-0.2, 0) is 11.3 Å². The van der Waals surface area contributed by atoms with E-state index in [9.17, 15) is 13.6 Å². The summed E-state index contributed by atoms with van der Waals surface area (Å²) in [5.74, 6) is -0.428. The summed E-state index contributed by atoms with van der Waals surface area (Å²) >= 11 is 0. The molecule has 21 heavy (non-hydrogen) atoms. The van der Waals surface area contributed by atoms with Crippen LogP contribution in [0.15, 0.2) is 18.2 Å². The van der Waals surface area contributed by atoms with E-state index in [0.29, 0.717) is 18.7 Å². The fourth-order valence-corrected chi connectivity index (χ4v) is 2.89. The van der Waals surface area contributed by atoms with E-state index in [1.807, 2.05) is 0 Å². The van der Waals surface area contributed by atoms with Crippen molar-refractivity contribution >= 4 is 5.91 Å². The van der Waals surface area contributed by atoms with Gasteiger partial charge in [-0.3, -0.25) is 9.69 Å². The van der Waals surface area contributed by atoms with E-state index in [1.54, 1.807) is 0 Å². The van der Waals surface area contributed by atoms with Crippen molar-refractivity contribution in [3.05, 3.63) is 35.4 Å². The molecular formula is C16H20F2N2O. The van der Waals surface area contributed by atoms with Crippen LogP contribution < -0.4 is 5.32 Å². The number of benzene rings is 1. The normalized spacial score (nSPS) is 23.0. The Kier molecular flexibility index (Phi) is 4.19. The third-order valence-electron chi connectivity index (χ3n) is 4.20. The number of rotatable bonds is 4. The highest BCUT2D eigenvalue weighted by atomic mass is 19.1. The molecule has 3 nitrogen and oxygen atoms in total. The van der Waals surface area contributed by atoms with Gasteiger partial charge in [-0.2, -0.15) is 0 Å². The van der Waals surface area contributed by atoms with Crippen LogP contribution in [-0.4, -0.2) is 29.9 Å². The summed E-state index contributed by atoms with van der Waals surface area (Å²) in [6, 6.07) is 3.68. The number of hydrogen-bond acceptors (Lipinski definition) is 2. The predicted octanol–water partition coefficient (Wildman–Crippen LogP) is 2.46. The summed E-state index contributed by atoms with van der Waals surface area (Å²) in [6.45, 7) is 1.94. The molecule has 1 saturated carbocycles. The average Bonchev–Trinajstić information content (AvgIpc) is 3.28. The van der Waals surface area contributed by atoms with E-state index < -0.39 is 5.82 Å². The summed E-state index contributed by atoms with van der Waals surface area (Å²) < 4.78 is 26.9. The molecule has 0 spiro atoms. The maximum Gasteiger partial charge on any atom is 0.223 e. The van der Waals surface area contributed by atoms with Gasteiger partial charge in [-0.15, -0.1) is 0 Å². The Labute approximate surface area is 123 Å². The van der Waals surface area contributed by atoms with Crippen molar-refractivity contribution in [3.63, 3.8) is 0 Å². The van der Waals surface area contributed by atoms with E-state index in [4.69, 9.17) is 0 Å². The van der Waals surface area contributed by atoms with Gasteiger partial charge in [0.1, 0.15) is 11.6 Å². The zero-order chi connectivity index (χ0) is 14.8. The fourth-order valence-electron chi connectivity index (χ4n) is 2.89. The second-order valence-electron chi connectivity index (χ2n) is 6.09. The highest BCUT2D eigenvalue weighted by Crippen LogP contribution is 2.29. The van der Waals surface area contributed by atoms with E-state index in [1.165, 1.54) is 12.1 Å². The number of carbonyl (C=O) groups is 1. The lowest BCUT2D eigenvalue weighted by Gasteiger charge is -2.33. The molecule has 1 atom stereocenters. The summed E-state index contributed by atoms with van der Waals surface area (Å²) in [6.07, 6.45) is 3.92.